The van der Waals surface area contributed by atoms with Gasteiger partial charge in [0.05, 0.1) is 0 Å². The van der Waals surface area contributed by atoms with E-state index in [4.69, 9.17) is 8.85 Å². The van der Waals surface area contributed by atoms with Crippen molar-refractivity contribution in [1.82, 2.24) is 5.32 Å². The van der Waals surface area contributed by atoms with Gasteiger partial charge in [-0.3, -0.25) is 0 Å². The molecule has 1 saturated heterocycles. The van der Waals surface area contributed by atoms with Gasteiger partial charge in [0.1, 0.15) is 0 Å². The van der Waals surface area contributed by atoms with Gasteiger partial charge in [-0.25, -0.2) is 0 Å². The van der Waals surface area contributed by atoms with E-state index in [2.05, 4.69) is 12.2 Å². The first-order valence-corrected chi connectivity index (χ1v) is 8.30. The Labute approximate surface area is 96.4 Å². The minimum atomic E-state index is -1.20. The Kier molecular flexibility index (Phi) is 10.7. The normalized spacial score (nSPS) is 19.4. The molecule has 1 atom stereocenters. The zero-order chi connectivity index (χ0) is 11.5. The molecule has 0 bridgehead atoms. The standard InChI is InChI=1S/C6H13N.C5H14O2Si/c1-2-3-6-4-5-7-6;1-4-6-8(3)7-5-2/h6-7H,2-5H2,1H3;8H,4-5H2,1-3H3. The van der Waals surface area contributed by atoms with Crippen LogP contribution in [0, 0.1) is 0 Å². The average Bonchev–Trinajstić information content (AvgIpc) is 2.13. The molecule has 0 amide bonds. The quantitative estimate of drug-likeness (QED) is 0.712. The van der Waals surface area contributed by atoms with E-state index < -0.39 is 9.28 Å². The van der Waals surface area contributed by atoms with Crippen LogP contribution in [0.1, 0.15) is 40.0 Å². The van der Waals surface area contributed by atoms with Crippen LogP contribution >= 0.6 is 0 Å². The largest absolute Gasteiger partial charge is 0.397 e. The monoisotopic (exact) mass is 233 g/mol. The van der Waals surface area contributed by atoms with Gasteiger partial charge in [-0.15, -0.1) is 0 Å². The molecule has 0 spiro atoms. The number of rotatable bonds is 6. The molecule has 0 aromatic heterocycles. The molecule has 0 aromatic carbocycles. The molecule has 1 fully saturated rings. The van der Waals surface area contributed by atoms with Crippen molar-refractivity contribution in [3.63, 3.8) is 0 Å². The minimum Gasteiger partial charge on any atom is -0.397 e. The van der Waals surface area contributed by atoms with Crippen LogP contribution in [0.3, 0.4) is 0 Å². The SMILES string of the molecule is CCCC1CCN1.CCO[SiH](C)OCC. The van der Waals surface area contributed by atoms with Gasteiger partial charge in [0, 0.05) is 19.3 Å². The second-order valence-electron chi connectivity index (χ2n) is 3.71. The van der Waals surface area contributed by atoms with Gasteiger partial charge in [-0.05, 0) is 39.8 Å². The highest BCUT2D eigenvalue weighted by molar-refractivity contribution is 6.42. The van der Waals surface area contributed by atoms with Gasteiger partial charge in [-0.1, -0.05) is 13.3 Å². The van der Waals surface area contributed by atoms with Crippen LogP contribution in [0.25, 0.3) is 0 Å². The summed E-state index contributed by atoms with van der Waals surface area (Å²) in [5, 5.41) is 3.35. The molecule has 0 aliphatic carbocycles. The molecule has 4 heteroatoms. The zero-order valence-electron chi connectivity index (χ0n) is 10.7. The number of hydrogen-bond acceptors (Lipinski definition) is 3. The Hall–Kier alpha value is 0.0969. The third kappa shape index (κ3) is 9.05. The van der Waals surface area contributed by atoms with E-state index >= 15 is 0 Å². The van der Waals surface area contributed by atoms with E-state index in [9.17, 15) is 0 Å². The van der Waals surface area contributed by atoms with Crippen molar-refractivity contribution in [2.45, 2.75) is 52.6 Å². The molecule has 0 radical (unpaired) electrons. The molecule has 0 saturated carbocycles. The van der Waals surface area contributed by atoms with Gasteiger partial charge in [-0.2, -0.15) is 0 Å². The van der Waals surface area contributed by atoms with Gasteiger partial charge >= 0.3 is 9.28 Å². The van der Waals surface area contributed by atoms with Crippen LogP contribution in [0.4, 0.5) is 0 Å². The maximum absolute atomic E-state index is 5.20. The third-order valence-corrected chi connectivity index (χ3v) is 3.97. The maximum atomic E-state index is 5.20. The molecule has 1 aliphatic rings. The van der Waals surface area contributed by atoms with Crippen LogP contribution in [0.15, 0.2) is 0 Å². The fourth-order valence-electron chi connectivity index (χ4n) is 1.46. The summed E-state index contributed by atoms with van der Waals surface area (Å²) in [6, 6.07) is 0.880. The molecule has 92 valence electrons. The Morgan fingerprint density at radius 3 is 1.93 bits per heavy atom. The van der Waals surface area contributed by atoms with Crippen molar-refractivity contribution < 1.29 is 8.85 Å². The second kappa shape index (κ2) is 10.6. The summed E-state index contributed by atoms with van der Waals surface area (Å²) >= 11 is 0. The summed E-state index contributed by atoms with van der Waals surface area (Å²) < 4.78 is 10.4. The van der Waals surface area contributed by atoms with E-state index in [-0.39, 0.29) is 0 Å². The third-order valence-electron chi connectivity index (χ3n) is 2.37. The van der Waals surface area contributed by atoms with Gasteiger partial charge < -0.3 is 14.2 Å². The topological polar surface area (TPSA) is 30.5 Å². The number of nitrogens with one attached hydrogen (secondary N) is 1. The van der Waals surface area contributed by atoms with Gasteiger partial charge in [0.25, 0.3) is 0 Å². The summed E-state index contributed by atoms with van der Waals surface area (Å²) in [6.07, 6.45) is 4.12. The zero-order valence-corrected chi connectivity index (χ0v) is 11.9. The van der Waals surface area contributed by atoms with E-state index in [1.165, 1.54) is 25.8 Å². The van der Waals surface area contributed by atoms with Gasteiger partial charge in [0.15, 0.2) is 0 Å². The lowest BCUT2D eigenvalue weighted by Gasteiger charge is -2.26. The summed E-state index contributed by atoms with van der Waals surface area (Å²) in [4.78, 5) is 0. The predicted octanol–water partition coefficient (Wildman–Crippen LogP) is 2.06. The Morgan fingerprint density at radius 2 is 1.73 bits per heavy atom. The molecule has 1 aliphatic heterocycles. The molecule has 1 heterocycles. The average molecular weight is 233 g/mol. The van der Waals surface area contributed by atoms with Gasteiger partial charge in [0.2, 0.25) is 0 Å². The summed E-state index contributed by atoms with van der Waals surface area (Å²) in [7, 11) is -1.20. The molecular formula is C11H27NO2Si. The van der Waals surface area contributed by atoms with Crippen molar-refractivity contribution in [1.29, 1.82) is 0 Å². The lowest BCUT2D eigenvalue weighted by atomic mass is 10.0. The molecule has 1 N–H and O–H groups in total. The fourth-order valence-corrected chi connectivity index (χ4v) is 2.50. The van der Waals surface area contributed by atoms with Crippen LogP contribution in [-0.2, 0) is 8.85 Å². The lowest BCUT2D eigenvalue weighted by molar-refractivity contribution is 0.219. The van der Waals surface area contributed by atoms with Crippen molar-refractivity contribution in [3.8, 4) is 0 Å². The maximum Gasteiger partial charge on any atom is 0.318 e. The first-order chi connectivity index (χ1) is 7.24. The highest BCUT2D eigenvalue weighted by Crippen LogP contribution is 2.07. The van der Waals surface area contributed by atoms with E-state index in [0.29, 0.717) is 0 Å². The van der Waals surface area contributed by atoms with Crippen LogP contribution in [0.2, 0.25) is 6.55 Å². The van der Waals surface area contributed by atoms with E-state index in [1.54, 1.807) is 0 Å². The predicted molar refractivity (Wildman–Crippen MR) is 67.6 cm³/mol. The summed E-state index contributed by atoms with van der Waals surface area (Å²) in [5.41, 5.74) is 0. The molecule has 1 unspecified atom stereocenters. The fraction of sp³-hybridized carbons (Fsp3) is 1.00. The van der Waals surface area contributed by atoms with Crippen LogP contribution < -0.4 is 5.32 Å². The van der Waals surface area contributed by atoms with E-state index in [1.807, 2.05) is 20.4 Å². The Bertz CT molecular complexity index is 126. The highest BCUT2D eigenvalue weighted by atomic mass is 28.3. The Morgan fingerprint density at radius 1 is 1.20 bits per heavy atom. The highest BCUT2D eigenvalue weighted by Gasteiger charge is 2.13. The van der Waals surface area contributed by atoms with Crippen molar-refractivity contribution >= 4 is 9.28 Å². The first kappa shape index (κ1) is 15.1. The molecule has 3 nitrogen and oxygen atoms in total. The molecule has 1 rings (SSSR count). The van der Waals surface area contributed by atoms with Crippen molar-refractivity contribution in [2.24, 2.45) is 0 Å². The number of hydrogen-bond donors (Lipinski definition) is 1. The second-order valence-corrected chi connectivity index (χ2v) is 5.51. The molecule has 15 heavy (non-hydrogen) atoms. The van der Waals surface area contributed by atoms with Crippen molar-refractivity contribution in [3.05, 3.63) is 0 Å². The van der Waals surface area contributed by atoms with Crippen LogP contribution in [0.5, 0.6) is 0 Å². The molecular weight excluding hydrogens is 206 g/mol. The Balaban J connectivity index is 0.000000262. The lowest BCUT2D eigenvalue weighted by Crippen LogP contribution is -2.42. The van der Waals surface area contributed by atoms with E-state index in [0.717, 1.165) is 19.3 Å². The van der Waals surface area contributed by atoms with Crippen LogP contribution in [-0.4, -0.2) is 35.1 Å². The summed E-state index contributed by atoms with van der Waals surface area (Å²) in [6.45, 7) is 11.1. The first-order valence-electron chi connectivity index (χ1n) is 6.21. The molecule has 0 aromatic rings. The summed E-state index contributed by atoms with van der Waals surface area (Å²) in [5.74, 6) is 0. The minimum absolute atomic E-state index is 0.785. The van der Waals surface area contributed by atoms with Crippen molar-refractivity contribution in [2.75, 3.05) is 19.8 Å². The smallest absolute Gasteiger partial charge is 0.318 e.